The van der Waals surface area contributed by atoms with Crippen molar-refractivity contribution in [2.45, 2.75) is 32.6 Å². The van der Waals surface area contributed by atoms with E-state index in [0.717, 1.165) is 25.9 Å². The van der Waals surface area contributed by atoms with Crippen molar-refractivity contribution in [1.82, 2.24) is 4.90 Å². The zero-order chi connectivity index (χ0) is 19.2. The normalized spacial score (nSPS) is 14.7. The molecule has 0 aromatic heterocycles. The molecule has 1 saturated heterocycles. The molecule has 1 aliphatic rings. The number of likely N-dealkylation sites (tertiary alicyclic amines) is 1. The summed E-state index contributed by atoms with van der Waals surface area (Å²) in [5.41, 5.74) is 3.65. The Hall–Kier alpha value is -2.82. The number of anilines is 1. The van der Waals surface area contributed by atoms with E-state index in [0.29, 0.717) is 23.8 Å². The summed E-state index contributed by atoms with van der Waals surface area (Å²) in [5, 5.41) is 2.89. The number of aryl methyl sites for hydroxylation is 1. The highest BCUT2D eigenvalue weighted by atomic mass is 16.5. The molecule has 0 spiro atoms. The van der Waals surface area contributed by atoms with Gasteiger partial charge in [0.2, 0.25) is 0 Å². The molecule has 1 fully saturated rings. The fraction of sp³-hybridized carbons (Fsp3) is 0.364. The molecule has 2 aromatic carbocycles. The van der Waals surface area contributed by atoms with E-state index in [1.165, 1.54) is 11.1 Å². The lowest BCUT2D eigenvalue weighted by atomic mass is 9.89. The van der Waals surface area contributed by atoms with Crippen LogP contribution in [-0.2, 0) is 4.74 Å². The van der Waals surface area contributed by atoms with Crippen LogP contribution in [0.2, 0.25) is 0 Å². The number of piperidine rings is 1. The zero-order valence-electron chi connectivity index (χ0n) is 15.9. The molecule has 1 N–H and O–H groups in total. The van der Waals surface area contributed by atoms with Crippen LogP contribution in [-0.4, -0.2) is 36.6 Å². The molecule has 0 saturated carbocycles. The van der Waals surface area contributed by atoms with Gasteiger partial charge in [0.05, 0.1) is 12.2 Å². The lowest BCUT2D eigenvalue weighted by Gasteiger charge is -2.32. The van der Waals surface area contributed by atoms with E-state index in [1.54, 1.807) is 31.2 Å². The fourth-order valence-corrected chi connectivity index (χ4v) is 3.40. The SMILES string of the molecule is CCOC(=O)c1cccc(NC(=O)N2CCC(c3ccc(C)cc3)CC2)c1. The predicted octanol–water partition coefficient (Wildman–Crippen LogP) is 4.58. The third-order valence-corrected chi connectivity index (χ3v) is 4.96. The van der Waals surface area contributed by atoms with Gasteiger partial charge in [0.25, 0.3) is 0 Å². The van der Waals surface area contributed by atoms with Gasteiger partial charge in [-0.1, -0.05) is 35.9 Å². The van der Waals surface area contributed by atoms with E-state index in [9.17, 15) is 9.59 Å². The number of urea groups is 1. The first-order chi connectivity index (χ1) is 13.1. The molecule has 0 radical (unpaired) electrons. The van der Waals surface area contributed by atoms with Gasteiger partial charge in [-0.15, -0.1) is 0 Å². The van der Waals surface area contributed by atoms with Crippen LogP contribution in [0.4, 0.5) is 10.5 Å². The van der Waals surface area contributed by atoms with Crippen LogP contribution in [0.25, 0.3) is 0 Å². The van der Waals surface area contributed by atoms with Gasteiger partial charge in [-0.3, -0.25) is 0 Å². The van der Waals surface area contributed by atoms with Crippen molar-refractivity contribution >= 4 is 17.7 Å². The highest BCUT2D eigenvalue weighted by molar-refractivity contribution is 5.94. The van der Waals surface area contributed by atoms with Crippen molar-refractivity contribution in [3.05, 3.63) is 65.2 Å². The van der Waals surface area contributed by atoms with Crippen molar-refractivity contribution in [2.24, 2.45) is 0 Å². The minimum absolute atomic E-state index is 0.127. The van der Waals surface area contributed by atoms with Gasteiger partial charge >= 0.3 is 12.0 Å². The second kappa shape index (κ2) is 8.71. The van der Waals surface area contributed by atoms with Crippen molar-refractivity contribution in [2.75, 3.05) is 25.0 Å². The number of benzene rings is 2. The molecule has 0 atom stereocenters. The molecule has 142 valence electrons. The number of rotatable bonds is 4. The molecule has 2 aromatic rings. The molecule has 2 amide bonds. The smallest absolute Gasteiger partial charge is 0.338 e. The van der Waals surface area contributed by atoms with Gasteiger partial charge in [-0.25, -0.2) is 9.59 Å². The predicted molar refractivity (Wildman–Crippen MR) is 106 cm³/mol. The number of carbonyl (C=O) groups is 2. The maximum absolute atomic E-state index is 12.6. The summed E-state index contributed by atoms with van der Waals surface area (Å²) in [5.74, 6) is 0.120. The van der Waals surface area contributed by atoms with Gasteiger partial charge in [-0.2, -0.15) is 0 Å². The summed E-state index contributed by atoms with van der Waals surface area (Å²) in [6.45, 7) is 5.63. The van der Waals surface area contributed by atoms with Crippen molar-refractivity contribution in [3.63, 3.8) is 0 Å². The number of carbonyl (C=O) groups excluding carboxylic acids is 2. The Bertz CT molecular complexity index is 793. The first-order valence-corrected chi connectivity index (χ1v) is 9.46. The average Bonchev–Trinajstić information content (AvgIpc) is 2.69. The number of hydrogen-bond donors (Lipinski definition) is 1. The molecular weight excluding hydrogens is 340 g/mol. The molecule has 0 unspecified atom stereocenters. The monoisotopic (exact) mass is 366 g/mol. The summed E-state index contributed by atoms with van der Waals surface area (Å²) >= 11 is 0. The Balaban J connectivity index is 1.56. The standard InChI is InChI=1S/C22H26N2O3/c1-3-27-21(25)19-5-4-6-20(15-19)23-22(26)24-13-11-18(12-14-24)17-9-7-16(2)8-10-17/h4-10,15,18H,3,11-14H2,1-2H3,(H,23,26). The number of nitrogens with zero attached hydrogens (tertiary/aromatic N) is 1. The Labute approximate surface area is 160 Å². The van der Waals surface area contributed by atoms with Crippen molar-refractivity contribution in [3.8, 4) is 0 Å². The number of esters is 1. The molecule has 0 bridgehead atoms. The summed E-state index contributed by atoms with van der Waals surface area (Å²) in [6, 6.07) is 15.4. The van der Waals surface area contributed by atoms with E-state index in [4.69, 9.17) is 4.74 Å². The maximum Gasteiger partial charge on any atom is 0.338 e. The highest BCUT2D eigenvalue weighted by Gasteiger charge is 2.24. The second-order valence-corrected chi connectivity index (χ2v) is 6.90. The minimum Gasteiger partial charge on any atom is -0.462 e. The number of nitrogens with one attached hydrogen (secondary N) is 1. The topological polar surface area (TPSA) is 58.6 Å². The van der Waals surface area contributed by atoms with Gasteiger partial charge in [0, 0.05) is 18.8 Å². The number of ether oxygens (including phenoxy) is 1. The molecular formula is C22H26N2O3. The summed E-state index contributed by atoms with van der Waals surface area (Å²) < 4.78 is 5.00. The van der Waals surface area contributed by atoms with Crippen molar-refractivity contribution in [1.29, 1.82) is 0 Å². The van der Waals surface area contributed by atoms with Crippen LogP contribution >= 0.6 is 0 Å². The average molecular weight is 366 g/mol. The van der Waals surface area contributed by atoms with Crippen LogP contribution in [0.1, 0.15) is 47.2 Å². The quantitative estimate of drug-likeness (QED) is 0.806. The highest BCUT2D eigenvalue weighted by Crippen LogP contribution is 2.28. The molecule has 1 aliphatic heterocycles. The Morgan fingerprint density at radius 2 is 1.81 bits per heavy atom. The largest absolute Gasteiger partial charge is 0.462 e. The maximum atomic E-state index is 12.6. The first kappa shape index (κ1) is 19.0. The minimum atomic E-state index is -0.382. The summed E-state index contributed by atoms with van der Waals surface area (Å²) in [7, 11) is 0. The molecule has 3 rings (SSSR count). The van der Waals surface area contributed by atoms with Gasteiger partial charge in [0.15, 0.2) is 0 Å². The van der Waals surface area contributed by atoms with E-state index in [1.807, 2.05) is 4.90 Å². The van der Waals surface area contributed by atoms with Gasteiger partial charge in [0.1, 0.15) is 0 Å². The van der Waals surface area contributed by atoms with Gasteiger partial charge < -0.3 is 15.0 Å². The van der Waals surface area contributed by atoms with Crippen LogP contribution < -0.4 is 5.32 Å². The number of amides is 2. The molecule has 5 nitrogen and oxygen atoms in total. The van der Waals surface area contributed by atoms with Crippen LogP contribution in [0, 0.1) is 6.92 Å². The summed E-state index contributed by atoms with van der Waals surface area (Å²) in [6.07, 6.45) is 1.92. The number of hydrogen-bond acceptors (Lipinski definition) is 3. The third-order valence-electron chi connectivity index (χ3n) is 4.96. The second-order valence-electron chi connectivity index (χ2n) is 6.90. The zero-order valence-corrected chi connectivity index (χ0v) is 15.9. The molecule has 1 heterocycles. The lowest BCUT2D eigenvalue weighted by Crippen LogP contribution is -2.40. The Morgan fingerprint density at radius 1 is 1.11 bits per heavy atom. The van der Waals surface area contributed by atoms with E-state index in [2.05, 4.69) is 36.5 Å². The molecule has 5 heteroatoms. The van der Waals surface area contributed by atoms with E-state index in [-0.39, 0.29) is 12.0 Å². The first-order valence-electron chi connectivity index (χ1n) is 9.46. The lowest BCUT2D eigenvalue weighted by molar-refractivity contribution is 0.0526. The van der Waals surface area contributed by atoms with Crippen molar-refractivity contribution < 1.29 is 14.3 Å². The van der Waals surface area contributed by atoms with Crippen LogP contribution in [0.15, 0.2) is 48.5 Å². The molecule has 0 aliphatic carbocycles. The molecule has 27 heavy (non-hydrogen) atoms. The Morgan fingerprint density at radius 3 is 2.48 bits per heavy atom. The van der Waals surface area contributed by atoms with E-state index >= 15 is 0 Å². The van der Waals surface area contributed by atoms with E-state index < -0.39 is 0 Å². The van der Waals surface area contributed by atoms with Gasteiger partial charge in [-0.05, 0) is 56.4 Å². The summed E-state index contributed by atoms with van der Waals surface area (Å²) in [4.78, 5) is 26.2. The Kier molecular flexibility index (Phi) is 6.12. The van der Waals surface area contributed by atoms with Crippen LogP contribution in [0.3, 0.4) is 0 Å². The van der Waals surface area contributed by atoms with Crippen LogP contribution in [0.5, 0.6) is 0 Å². The third kappa shape index (κ3) is 4.88. The fourth-order valence-electron chi connectivity index (χ4n) is 3.40.